The largest absolute Gasteiger partial charge is 0.504 e. The van der Waals surface area contributed by atoms with Gasteiger partial charge in [0.05, 0.1) is 6.10 Å². The third-order valence-corrected chi connectivity index (χ3v) is 10.9. The Morgan fingerprint density at radius 1 is 1.03 bits per heavy atom. The third-order valence-electron chi connectivity index (χ3n) is 10.9. The third kappa shape index (κ3) is 2.45. The van der Waals surface area contributed by atoms with Crippen molar-refractivity contribution < 1.29 is 24.9 Å². The van der Waals surface area contributed by atoms with Gasteiger partial charge in [0, 0.05) is 27.7 Å². The molecule has 5 nitrogen and oxygen atoms in total. The Balaban J connectivity index is 1.70. The molecule has 3 N–H and O–H groups in total. The highest BCUT2D eigenvalue weighted by Crippen LogP contribution is 2.74. The summed E-state index contributed by atoms with van der Waals surface area (Å²) in [6.07, 6.45) is 6.58. The molecule has 3 fully saturated rings. The van der Waals surface area contributed by atoms with E-state index < -0.39 is 28.5 Å². The Bertz CT molecular complexity index is 1110. The maximum atomic E-state index is 12.7. The summed E-state index contributed by atoms with van der Waals surface area (Å²) in [5.74, 6) is -0.777. The van der Waals surface area contributed by atoms with Crippen molar-refractivity contribution in [2.45, 2.75) is 79.4 Å². The molecular weight excluding hydrogens is 416 g/mol. The Morgan fingerprint density at radius 2 is 1.70 bits per heavy atom. The van der Waals surface area contributed by atoms with Gasteiger partial charge in [0.1, 0.15) is 6.10 Å². The maximum absolute atomic E-state index is 12.7. The van der Waals surface area contributed by atoms with Crippen LogP contribution in [-0.2, 0) is 9.59 Å². The number of ketones is 2. The Hall–Kier alpha value is -1.98. The number of carbonyl (C=O) groups is 2. The quantitative estimate of drug-likeness (QED) is 0.508. The van der Waals surface area contributed by atoms with E-state index in [4.69, 9.17) is 0 Å². The first-order valence-corrected chi connectivity index (χ1v) is 12.2. The van der Waals surface area contributed by atoms with Gasteiger partial charge >= 0.3 is 0 Å². The number of aliphatic hydroxyl groups is 3. The van der Waals surface area contributed by atoms with Crippen LogP contribution in [0, 0.1) is 33.5 Å². The van der Waals surface area contributed by atoms with Crippen LogP contribution in [0.25, 0.3) is 0 Å². The first-order valence-electron chi connectivity index (χ1n) is 12.2. The molecule has 5 rings (SSSR count). The predicted molar refractivity (Wildman–Crippen MR) is 125 cm³/mol. The van der Waals surface area contributed by atoms with E-state index in [0.717, 1.165) is 29.6 Å². The normalized spacial score (nSPS) is 49.3. The molecule has 0 aromatic carbocycles. The molecule has 0 aromatic heterocycles. The van der Waals surface area contributed by atoms with Gasteiger partial charge in [-0.1, -0.05) is 52.3 Å². The van der Waals surface area contributed by atoms with Crippen LogP contribution < -0.4 is 0 Å². The van der Waals surface area contributed by atoms with Crippen molar-refractivity contribution >= 4 is 11.6 Å². The molecule has 33 heavy (non-hydrogen) atoms. The molecule has 8 unspecified atom stereocenters. The first kappa shape index (κ1) is 22.8. The van der Waals surface area contributed by atoms with Crippen molar-refractivity contribution in [1.29, 1.82) is 0 Å². The van der Waals surface area contributed by atoms with Gasteiger partial charge in [-0.3, -0.25) is 9.59 Å². The van der Waals surface area contributed by atoms with Gasteiger partial charge < -0.3 is 15.3 Å². The van der Waals surface area contributed by atoms with Crippen LogP contribution in [-0.4, -0.2) is 39.1 Å². The summed E-state index contributed by atoms with van der Waals surface area (Å²) in [6, 6.07) is 0. The summed E-state index contributed by atoms with van der Waals surface area (Å²) in [7, 11) is 0. The minimum Gasteiger partial charge on any atom is -0.504 e. The van der Waals surface area contributed by atoms with Crippen LogP contribution in [0.2, 0.25) is 0 Å². The predicted octanol–water partition coefficient (Wildman–Crippen LogP) is 4.36. The molecule has 5 heteroatoms. The minimum atomic E-state index is -1.06. The summed E-state index contributed by atoms with van der Waals surface area (Å²) in [4.78, 5) is 25.3. The number of aliphatic hydroxyl groups excluding tert-OH is 3. The molecule has 8 atom stereocenters. The highest BCUT2D eigenvalue weighted by atomic mass is 16.3. The summed E-state index contributed by atoms with van der Waals surface area (Å²) in [6.45, 7) is 12.2. The number of rotatable bonds is 0. The van der Waals surface area contributed by atoms with Gasteiger partial charge in [-0.15, -0.1) is 0 Å². The van der Waals surface area contributed by atoms with Crippen molar-refractivity contribution in [2.24, 2.45) is 33.5 Å². The fourth-order valence-electron chi connectivity index (χ4n) is 8.53. The summed E-state index contributed by atoms with van der Waals surface area (Å²) < 4.78 is 0. The van der Waals surface area contributed by atoms with E-state index in [1.165, 1.54) is 0 Å². The van der Waals surface area contributed by atoms with Gasteiger partial charge in [-0.05, 0) is 61.2 Å². The molecule has 0 saturated heterocycles. The summed E-state index contributed by atoms with van der Waals surface area (Å²) in [5.41, 5.74) is 1.56. The van der Waals surface area contributed by atoms with E-state index in [-0.39, 0.29) is 34.6 Å². The number of fused-ring (bicyclic) bond motifs is 7. The van der Waals surface area contributed by atoms with Crippen molar-refractivity contribution in [3.05, 3.63) is 46.3 Å². The Labute approximate surface area is 196 Å². The average molecular weight is 453 g/mol. The van der Waals surface area contributed by atoms with Crippen molar-refractivity contribution in [1.82, 2.24) is 0 Å². The van der Waals surface area contributed by atoms with Crippen LogP contribution in [0.5, 0.6) is 0 Å². The standard InChI is InChI=1S/C28H36O5/c1-14-11-20-26(4,24(33)22(14)31)13-21(30)28(6)19-8-7-16-15(2)23(32)18(29)12-17(16)25(19,3)9-10-27(20,28)5/h7-8,12,14,20-21,24,30,32-33H,9-11,13H2,1-6H3. The van der Waals surface area contributed by atoms with Crippen LogP contribution in [0.3, 0.4) is 0 Å². The lowest BCUT2D eigenvalue weighted by molar-refractivity contribution is -0.226. The fourth-order valence-corrected chi connectivity index (χ4v) is 8.53. The molecule has 0 heterocycles. The van der Waals surface area contributed by atoms with E-state index in [9.17, 15) is 24.9 Å². The SMILES string of the molecule is CC1=C(O)C(=O)C=C2C1=CC=C1C2(C)CCC2(C)C3CC(C)C(=O)C(O)C3(C)CC(O)C12C. The topological polar surface area (TPSA) is 94.8 Å². The van der Waals surface area contributed by atoms with E-state index in [0.29, 0.717) is 18.4 Å². The first-order chi connectivity index (χ1) is 15.2. The number of allylic oxidation sites excluding steroid dienone is 6. The van der Waals surface area contributed by atoms with Crippen molar-refractivity contribution in [2.75, 3.05) is 0 Å². The smallest absolute Gasteiger partial charge is 0.220 e. The summed E-state index contributed by atoms with van der Waals surface area (Å²) in [5, 5.41) is 33.1. The summed E-state index contributed by atoms with van der Waals surface area (Å²) >= 11 is 0. The van der Waals surface area contributed by atoms with Gasteiger partial charge in [-0.2, -0.15) is 0 Å². The lowest BCUT2D eigenvalue weighted by atomic mass is 9.34. The molecule has 0 aromatic rings. The Morgan fingerprint density at radius 3 is 2.36 bits per heavy atom. The lowest BCUT2D eigenvalue weighted by Crippen LogP contribution is -2.69. The molecule has 178 valence electrons. The lowest BCUT2D eigenvalue weighted by Gasteiger charge is -2.70. The highest BCUT2D eigenvalue weighted by Gasteiger charge is 2.71. The highest BCUT2D eigenvalue weighted by molar-refractivity contribution is 6.06. The van der Waals surface area contributed by atoms with Crippen LogP contribution in [0.4, 0.5) is 0 Å². The number of hydrogen-bond acceptors (Lipinski definition) is 5. The molecule has 5 aliphatic rings. The average Bonchev–Trinajstić information content (AvgIpc) is 2.76. The fraction of sp³-hybridized carbons (Fsp3) is 0.643. The maximum Gasteiger partial charge on any atom is 0.220 e. The second kappa shape index (κ2) is 6.57. The van der Waals surface area contributed by atoms with Crippen LogP contribution in [0.15, 0.2) is 46.3 Å². The zero-order valence-electron chi connectivity index (χ0n) is 20.5. The number of Topliss-reactive ketones (excluding diaryl/α,β-unsaturated/α-hetero) is 1. The van der Waals surface area contributed by atoms with E-state index in [1.54, 1.807) is 13.0 Å². The van der Waals surface area contributed by atoms with Gasteiger partial charge in [-0.25, -0.2) is 0 Å². The molecule has 0 spiro atoms. The number of carbonyl (C=O) groups excluding carboxylic acids is 2. The molecular formula is C28H36O5. The van der Waals surface area contributed by atoms with Crippen molar-refractivity contribution in [3.8, 4) is 0 Å². The van der Waals surface area contributed by atoms with Gasteiger partial charge in [0.15, 0.2) is 11.5 Å². The molecule has 3 saturated carbocycles. The second-order valence-electron chi connectivity index (χ2n) is 12.2. The Kier molecular flexibility index (Phi) is 4.54. The molecule has 0 amide bonds. The minimum absolute atomic E-state index is 0.0876. The molecule has 0 bridgehead atoms. The number of hydrogen-bond donors (Lipinski definition) is 3. The van der Waals surface area contributed by atoms with E-state index in [1.807, 2.05) is 19.9 Å². The van der Waals surface area contributed by atoms with Crippen LogP contribution >= 0.6 is 0 Å². The second-order valence-corrected chi connectivity index (χ2v) is 12.2. The zero-order valence-corrected chi connectivity index (χ0v) is 20.5. The van der Waals surface area contributed by atoms with Crippen molar-refractivity contribution in [3.63, 3.8) is 0 Å². The molecule has 0 aliphatic heterocycles. The van der Waals surface area contributed by atoms with Gasteiger partial charge in [0.25, 0.3) is 0 Å². The van der Waals surface area contributed by atoms with E-state index >= 15 is 0 Å². The molecule has 0 radical (unpaired) electrons. The molecule has 5 aliphatic carbocycles. The van der Waals surface area contributed by atoms with Gasteiger partial charge in [0.2, 0.25) is 5.78 Å². The van der Waals surface area contributed by atoms with E-state index in [2.05, 4.69) is 26.8 Å². The monoisotopic (exact) mass is 452 g/mol. The van der Waals surface area contributed by atoms with Crippen LogP contribution in [0.1, 0.15) is 67.2 Å². The zero-order chi connectivity index (χ0) is 24.3.